The van der Waals surface area contributed by atoms with Crippen molar-refractivity contribution >= 4 is 21.5 Å². The first kappa shape index (κ1) is 30.3. The van der Waals surface area contributed by atoms with Gasteiger partial charge in [-0.05, 0) is 45.2 Å². The van der Waals surface area contributed by atoms with Crippen LogP contribution in [0.5, 0.6) is 17.2 Å². The molecule has 0 aliphatic heterocycles. The second kappa shape index (κ2) is 13.9. The Bertz CT molecular complexity index is 1700. The van der Waals surface area contributed by atoms with E-state index in [0.717, 1.165) is 38.2 Å². The highest BCUT2D eigenvalue weighted by Gasteiger charge is 2.28. The molecule has 0 heterocycles. The molecule has 0 amide bonds. The average Bonchev–Trinajstić information content (AvgIpc) is 3.04. The van der Waals surface area contributed by atoms with Crippen molar-refractivity contribution in [1.29, 1.82) is 0 Å². The van der Waals surface area contributed by atoms with E-state index in [4.69, 9.17) is 28.4 Å². The maximum absolute atomic E-state index is 12.2. The normalized spacial score (nSPS) is 12.2. The zero-order valence-corrected chi connectivity index (χ0v) is 25.3. The van der Waals surface area contributed by atoms with Crippen LogP contribution in [0.15, 0.2) is 84.9 Å². The minimum atomic E-state index is -1.10. The van der Waals surface area contributed by atoms with Crippen LogP contribution in [0.3, 0.4) is 0 Å². The van der Waals surface area contributed by atoms with E-state index >= 15 is 0 Å². The molecule has 224 valence electrons. The molecule has 7 heteroatoms. The van der Waals surface area contributed by atoms with Gasteiger partial charge in [-0.3, -0.25) is 0 Å². The van der Waals surface area contributed by atoms with Gasteiger partial charge in [0.1, 0.15) is 23.4 Å². The molecule has 0 unspecified atom stereocenters. The van der Waals surface area contributed by atoms with Crippen LogP contribution in [0.4, 0.5) is 0 Å². The third kappa shape index (κ3) is 6.17. The van der Waals surface area contributed by atoms with E-state index in [1.54, 1.807) is 21.3 Å². The molecule has 5 aromatic carbocycles. The summed E-state index contributed by atoms with van der Waals surface area (Å²) in [4.78, 5) is 0. The summed E-state index contributed by atoms with van der Waals surface area (Å²) in [5.41, 5.74) is 3.77. The zero-order chi connectivity index (χ0) is 30.3. The summed E-state index contributed by atoms with van der Waals surface area (Å²) in [6, 6.07) is 27.9. The fraction of sp³-hybridized carbons (Fsp3) is 0.278. The fourth-order valence-corrected chi connectivity index (χ4v) is 5.52. The van der Waals surface area contributed by atoms with Crippen LogP contribution < -0.4 is 14.2 Å². The third-order valence-corrected chi connectivity index (χ3v) is 7.43. The number of fused-ring (bicyclic) bond motifs is 2. The van der Waals surface area contributed by atoms with Gasteiger partial charge in [0, 0.05) is 43.6 Å². The molecule has 43 heavy (non-hydrogen) atoms. The van der Waals surface area contributed by atoms with Crippen LogP contribution in [0.2, 0.25) is 0 Å². The molecule has 7 nitrogen and oxygen atoms in total. The van der Waals surface area contributed by atoms with E-state index < -0.39 is 6.10 Å². The van der Waals surface area contributed by atoms with Crippen molar-refractivity contribution in [3.63, 3.8) is 0 Å². The topological polar surface area (TPSA) is 75.6 Å². The average molecular weight is 583 g/mol. The summed E-state index contributed by atoms with van der Waals surface area (Å²) in [6.45, 7) is 4.28. The molecule has 0 aliphatic rings. The minimum Gasteiger partial charge on any atom is -0.467 e. The molecule has 0 spiro atoms. The van der Waals surface area contributed by atoms with E-state index in [2.05, 4.69) is 32.0 Å². The van der Waals surface area contributed by atoms with Gasteiger partial charge in [0.2, 0.25) is 0 Å². The van der Waals surface area contributed by atoms with Crippen LogP contribution in [-0.2, 0) is 14.2 Å². The number of benzene rings is 5. The van der Waals surface area contributed by atoms with Crippen LogP contribution in [0.1, 0.15) is 42.6 Å². The Balaban J connectivity index is 1.86. The standard InChI is InChI=1S/C36H38O7/c1-23(2)26-15-10-16-29(35(26)42-21-39-4)34(37)30-19-25-12-7-9-14-28(25)33(36(30)43-22-40-5)32-27-13-8-6-11-24(27)17-18-31(32)41-20-38-3/h6-19,23,34,37H,20-22H2,1-5H3/t34-/m1/s1. The molecule has 0 fully saturated rings. The van der Waals surface area contributed by atoms with Gasteiger partial charge in [0.15, 0.2) is 20.4 Å². The zero-order valence-electron chi connectivity index (χ0n) is 25.3. The number of aliphatic hydroxyl groups is 1. The quantitative estimate of drug-likeness (QED) is 0.142. The molecule has 1 N–H and O–H groups in total. The first-order valence-electron chi connectivity index (χ1n) is 14.2. The Morgan fingerprint density at radius 1 is 0.558 bits per heavy atom. The van der Waals surface area contributed by atoms with Gasteiger partial charge in [-0.15, -0.1) is 0 Å². The summed E-state index contributed by atoms with van der Waals surface area (Å²) >= 11 is 0. The highest BCUT2D eigenvalue weighted by Crippen LogP contribution is 2.50. The number of hydrogen-bond donors (Lipinski definition) is 1. The number of rotatable bonds is 13. The lowest BCUT2D eigenvalue weighted by Gasteiger charge is -2.25. The van der Waals surface area contributed by atoms with E-state index in [0.29, 0.717) is 28.4 Å². The number of hydrogen-bond acceptors (Lipinski definition) is 7. The van der Waals surface area contributed by atoms with Gasteiger partial charge in [-0.25, -0.2) is 0 Å². The van der Waals surface area contributed by atoms with Gasteiger partial charge in [-0.2, -0.15) is 0 Å². The first-order valence-corrected chi connectivity index (χ1v) is 14.2. The summed E-state index contributed by atoms with van der Waals surface area (Å²) in [5.74, 6) is 1.87. The minimum absolute atomic E-state index is 0.0246. The van der Waals surface area contributed by atoms with Gasteiger partial charge < -0.3 is 33.5 Å². The molecule has 0 aliphatic carbocycles. The van der Waals surface area contributed by atoms with Crippen molar-refractivity contribution < 1.29 is 33.5 Å². The molecule has 0 saturated carbocycles. The molecule has 5 aromatic rings. The predicted molar refractivity (Wildman–Crippen MR) is 169 cm³/mol. The lowest BCUT2D eigenvalue weighted by molar-refractivity contribution is 0.0459. The molecule has 0 radical (unpaired) electrons. The molecule has 0 bridgehead atoms. The molecular weight excluding hydrogens is 544 g/mol. The summed E-state index contributed by atoms with van der Waals surface area (Å²) in [6.07, 6.45) is -1.10. The van der Waals surface area contributed by atoms with Crippen LogP contribution in [0.25, 0.3) is 32.7 Å². The highest BCUT2D eigenvalue weighted by atomic mass is 16.7. The molecule has 0 aromatic heterocycles. The van der Waals surface area contributed by atoms with E-state index in [1.807, 2.05) is 66.7 Å². The molecule has 0 saturated heterocycles. The van der Waals surface area contributed by atoms with Crippen molar-refractivity contribution in [2.75, 3.05) is 41.7 Å². The summed E-state index contributed by atoms with van der Waals surface area (Å²) in [7, 11) is 4.74. The van der Waals surface area contributed by atoms with E-state index in [9.17, 15) is 5.11 Å². The monoisotopic (exact) mass is 582 g/mol. The highest BCUT2D eigenvalue weighted by molar-refractivity contribution is 6.10. The van der Waals surface area contributed by atoms with Crippen molar-refractivity contribution in [3.8, 4) is 28.4 Å². The fourth-order valence-electron chi connectivity index (χ4n) is 5.52. The Morgan fingerprint density at radius 2 is 1.14 bits per heavy atom. The van der Waals surface area contributed by atoms with Crippen molar-refractivity contribution in [2.24, 2.45) is 0 Å². The Hall–Kier alpha value is -4.14. The predicted octanol–water partition coefficient (Wildman–Crippen LogP) is 7.81. The van der Waals surface area contributed by atoms with Gasteiger partial charge >= 0.3 is 0 Å². The number of ether oxygens (including phenoxy) is 6. The molecule has 1 atom stereocenters. The lowest BCUT2D eigenvalue weighted by Crippen LogP contribution is -2.12. The van der Waals surface area contributed by atoms with Gasteiger partial charge in [0.05, 0.1) is 0 Å². The van der Waals surface area contributed by atoms with E-state index in [1.165, 1.54) is 0 Å². The first-order chi connectivity index (χ1) is 21.0. The molecule has 5 rings (SSSR count). The van der Waals surface area contributed by atoms with Gasteiger partial charge in [-0.1, -0.05) is 86.6 Å². The largest absolute Gasteiger partial charge is 0.467 e. The Labute approximate surface area is 252 Å². The van der Waals surface area contributed by atoms with Gasteiger partial charge in [0.25, 0.3) is 0 Å². The third-order valence-electron chi connectivity index (χ3n) is 7.43. The van der Waals surface area contributed by atoms with Crippen LogP contribution in [-0.4, -0.2) is 46.8 Å². The summed E-state index contributed by atoms with van der Waals surface area (Å²) in [5, 5.41) is 16.1. The second-order valence-electron chi connectivity index (χ2n) is 10.5. The van der Waals surface area contributed by atoms with Crippen molar-refractivity contribution in [1.82, 2.24) is 0 Å². The maximum Gasteiger partial charge on any atom is 0.188 e. The maximum atomic E-state index is 12.2. The second-order valence-corrected chi connectivity index (χ2v) is 10.5. The smallest absolute Gasteiger partial charge is 0.188 e. The number of para-hydroxylation sites is 1. The van der Waals surface area contributed by atoms with Crippen LogP contribution in [0, 0.1) is 0 Å². The van der Waals surface area contributed by atoms with Crippen molar-refractivity contribution in [2.45, 2.75) is 25.9 Å². The van der Waals surface area contributed by atoms with Crippen molar-refractivity contribution in [3.05, 3.63) is 102 Å². The lowest BCUT2D eigenvalue weighted by atomic mass is 9.87. The number of methoxy groups -OCH3 is 3. The number of aliphatic hydroxyl groups excluding tert-OH is 1. The summed E-state index contributed by atoms with van der Waals surface area (Å²) < 4.78 is 34.6. The molecular formula is C36H38O7. The Kier molecular flexibility index (Phi) is 9.79. The van der Waals surface area contributed by atoms with Crippen LogP contribution >= 0.6 is 0 Å². The Morgan fingerprint density at radius 3 is 1.81 bits per heavy atom. The van der Waals surface area contributed by atoms with E-state index in [-0.39, 0.29) is 26.3 Å². The SMILES string of the molecule is COCOc1ccc2ccccc2c1-c1c(OCOC)c([C@H](O)c2cccc(C(C)C)c2OCOC)cc2ccccc12.